The van der Waals surface area contributed by atoms with Crippen LogP contribution in [0.25, 0.3) is 0 Å². The number of carbonyl (C=O) groups is 3. The molecule has 1 aromatic carbocycles. The Morgan fingerprint density at radius 1 is 0.750 bits per heavy atom. The van der Waals surface area contributed by atoms with Crippen LogP contribution in [0, 0.1) is 0 Å². The van der Waals surface area contributed by atoms with Crippen LogP contribution in [0.4, 0.5) is 0 Å². The molecular weight excluding hydrogens is 243 g/mol. The first-order valence-corrected chi connectivity index (χ1v) is 3.77. The third-order valence-corrected chi connectivity index (χ3v) is 1.67. The molecule has 0 amide bonds. The van der Waals surface area contributed by atoms with Gasteiger partial charge in [-0.3, -0.25) is 0 Å². The van der Waals surface area contributed by atoms with Gasteiger partial charge in [-0.1, -0.05) is 0 Å². The first-order chi connectivity index (χ1) is 6.91. The summed E-state index contributed by atoms with van der Waals surface area (Å²) < 4.78 is 0. The van der Waals surface area contributed by atoms with Gasteiger partial charge in [0.15, 0.2) is 0 Å². The van der Waals surface area contributed by atoms with Gasteiger partial charge in [-0.25, -0.2) is 14.4 Å². The smallest absolute Gasteiger partial charge is 1.00 e. The summed E-state index contributed by atoms with van der Waals surface area (Å²) in [7, 11) is 0. The van der Waals surface area contributed by atoms with Gasteiger partial charge in [0.25, 0.3) is 0 Å². The minimum absolute atomic E-state index is 0. The van der Waals surface area contributed by atoms with Crippen LogP contribution in [0.2, 0.25) is 0 Å². The van der Waals surface area contributed by atoms with Crippen LogP contribution in [-0.4, -0.2) is 33.2 Å². The Kier molecular flexibility index (Phi) is 5.83. The van der Waals surface area contributed by atoms with Crippen LogP contribution in [0.15, 0.2) is 18.2 Å². The maximum Gasteiger partial charge on any atom is 1.00 e. The number of rotatable bonds is 3. The monoisotopic (exact) mass is 250 g/mol. The Morgan fingerprint density at radius 2 is 0.938 bits per heavy atom. The number of hydrogen-bond donors (Lipinski definition) is 3. The van der Waals surface area contributed by atoms with Gasteiger partial charge in [0, 0.05) is 0 Å². The molecule has 80 valence electrons. The summed E-state index contributed by atoms with van der Waals surface area (Å²) in [5, 5.41) is 25.8. The van der Waals surface area contributed by atoms with Crippen LogP contribution in [0.1, 0.15) is 32.5 Å². The normalized spacial score (nSPS) is 9.00. The predicted molar refractivity (Wildman–Crippen MR) is 48.4 cm³/mol. The molecule has 0 spiro atoms. The minimum atomic E-state index is -1.37. The van der Waals surface area contributed by atoms with Gasteiger partial charge in [0.05, 0.1) is 16.7 Å². The summed E-state index contributed by atoms with van der Waals surface area (Å²) in [6.45, 7) is 0. The molecule has 0 aromatic heterocycles. The minimum Gasteiger partial charge on any atom is -1.00 e. The molecule has 6 nitrogen and oxygen atoms in total. The van der Waals surface area contributed by atoms with Gasteiger partial charge in [-0.05, 0) is 18.2 Å². The molecule has 1 aromatic rings. The van der Waals surface area contributed by atoms with E-state index in [1.165, 1.54) is 0 Å². The van der Waals surface area contributed by atoms with Gasteiger partial charge in [0.2, 0.25) is 0 Å². The molecule has 0 atom stereocenters. The van der Waals surface area contributed by atoms with Gasteiger partial charge in [-0.15, -0.1) is 0 Å². The summed E-state index contributed by atoms with van der Waals surface area (Å²) in [6, 6.07) is 2.70. The average molecular weight is 250 g/mol. The van der Waals surface area contributed by atoms with E-state index in [-0.39, 0.29) is 69.5 Å². The summed E-state index contributed by atoms with van der Waals surface area (Å²) in [4.78, 5) is 31.7. The number of carboxylic acid groups (broad SMARTS) is 3. The molecule has 0 saturated heterocycles. The Bertz CT molecular complexity index is 380. The van der Waals surface area contributed by atoms with Crippen molar-refractivity contribution in [2.24, 2.45) is 0 Å². The van der Waals surface area contributed by atoms with Crippen molar-refractivity contribution >= 4 is 17.9 Å². The summed E-state index contributed by atoms with van der Waals surface area (Å²) in [5.41, 5.74) is -1.10. The second-order valence-corrected chi connectivity index (χ2v) is 2.71. The van der Waals surface area contributed by atoms with Gasteiger partial charge >= 0.3 is 69.3 Å². The fourth-order valence-electron chi connectivity index (χ4n) is 0.998. The molecule has 0 bridgehead atoms. The molecular formula is C9H7KO6. The maximum absolute atomic E-state index is 10.6. The molecule has 0 unspecified atom stereocenters. The molecule has 0 aliphatic carbocycles. The Morgan fingerprint density at radius 3 is 1.06 bits per heavy atom. The topological polar surface area (TPSA) is 112 Å². The summed E-state index contributed by atoms with van der Waals surface area (Å²) in [6.07, 6.45) is 0. The molecule has 0 saturated carbocycles. The van der Waals surface area contributed by atoms with E-state index in [0.29, 0.717) is 0 Å². The van der Waals surface area contributed by atoms with E-state index in [1.54, 1.807) is 0 Å². The molecule has 0 fully saturated rings. The van der Waals surface area contributed by atoms with Crippen molar-refractivity contribution in [2.45, 2.75) is 0 Å². The van der Waals surface area contributed by atoms with Crippen molar-refractivity contribution in [3.8, 4) is 0 Å². The van der Waals surface area contributed by atoms with E-state index < -0.39 is 17.9 Å². The van der Waals surface area contributed by atoms with Crippen molar-refractivity contribution in [3.63, 3.8) is 0 Å². The van der Waals surface area contributed by atoms with Crippen LogP contribution in [-0.2, 0) is 0 Å². The fraction of sp³-hybridized carbons (Fsp3) is 0. The van der Waals surface area contributed by atoms with Crippen LogP contribution < -0.4 is 51.4 Å². The molecule has 0 aliphatic heterocycles. The summed E-state index contributed by atoms with van der Waals surface area (Å²) >= 11 is 0. The molecule has 0 radical (unpaired) electrons. The van der Waals surface area contributed by atoms with Gasteiger partial charge in [0.1, 0.15) is 0 Å². The number of benzene rings is 1. The van der Waals surface area contributed by atoms with E-state index in [1.807, 2.05) is 0 Å². The number of hydrogen-bond acceptors (Lipinski definition) is 3. The Labute approximate surface area is 134 Å². The Balaban J connectivity index is 0. The van der Waals surface area contributed by atoms with Gasteiger partial charge in [-0.2, -0.15) is 0 Å². The van der Waals surface area contributed by atoms with Crippen molar-refractivity contribution in [3.05, 3.63) is 34.9 Å². The van der Waals surface area contributed by atoms with Gasteiger partial charge < -0.3 is 16.7 Å². The second kappa shape index (κ2) is 6.11. The average Bonchev–Trinajstić information content (AvgIpc) is 2.16. The van der Waals surface area contributed by atoms with Crippen LogP contribution in [0.5, 0.6) is 0 Å². The predicted octanol–water partition coefficient (Wildman–Crippen LogP) is -2.10. The molecule has 16 heavy (non-hydrogen) atoms. The zero-order valence-electron chi connectivity index (χ0n) is 9.30. The van der Waals surface area contributed by atoms with Crippen molar-refractivity contribution < 1.29 is 82.5 Å². The van der Waals surface area contributed by atoms with Crippen molar-refractivity contribution in [1.29, 1.82) is 0 Å². The molecule has 1 rings (SSSR count). The number of aromatic carboxylic acids is 3. The zero-order valence-corrected chi connectivity index (χ0v) is 11.4. The largest absolute Gasteiger partial charge is 1.00 e. The standard InChI is InChI=1S/C9H6O6.K.H/c10-7(11)4-1-5(8(12)13)3-6(2-4)9(14)15;;/h1-3H,(H,10,11)(H,12,13)(H,14,15);;/q;+1;-1. The maximum atomic E-state index is 10.6. The molecule has 3 N–H and O–H groups in total. The van der Waals surface area contributed by atoms with E-state index >= 15 is 0 Å². The van der Waals surface area contributed by atoms with Crippen LogP contribution in [0.3, 0.4) is 0 Å². The van der Waals surface area contributed by atoms with E-state index in [9.17, 15) is 14.4 Å². The third kappa shape index (κ3) is 3.69. The molecule has 0 aliphatic rings. The SMILES string of the molecule is O=C(O)c1cc(C(=O)O)cc(C(=O)O)c1.[H-].[K+]. The van der Waals surface area contributed by atoms with E-state index in [0.717, 1.165) is 18.2 Å². The second-order valence-electron chi connectivity index (χ2n) is 2.71. The first-order valence-electron chi connectivity index (χ1n) is 3.77. The van der Waals surface area contributed by atoms with Crippen molar-refractivity contribution in [1.82, 2.24) is 0 Å². The summed E-state index contributed by atoms with van der Waals surface area (Å²) in [5.74, 6) is -4.12. The molecule has 7 heteroatoms. The van der Waals surface area contributed by atoms with Crippen LogP contribution >= 0.6 is 0 Å². The van der Waals surface area contributed by atoms with E-state index in [2.05, 4.69) is 0 Å². The van der Waals surface area contributed by atoms with Crippen molar-refractivity contribution in [2.75, 3.05) is 0 Å². The third-order valence-electron chi connectivity index (χ3n) is 1.67. The quantitative estimate of drug-likeness (QED) is 0.530. The zero-order chi connectivity index (χ0) is 11.6. The van der Waals surface area contributed by atoms with E-state index in [4.69, 9.17) is 15.3 Å². The fourth-order valence-corrected chi connectivity index (χ4v) is 0.998. The molecule has 0 heterocycles. The first kappa shape index (κ1) is 15.3. The number of carboxylic acids is 3. The Hall–Kier alpha value is -0.734.